The third kappa shape index (κ3) is 68.7. The fraction of sp³-hybridized carbons (Fsp3) is 0.727. The molecule has 1 atom stereocenters. The maximum atomic E-state index is 13.0. The van der Waals surface area contributed by atoms with Gasteiger partial charge < -0.3 is 14.2 Å². The number of esters is 3. The fourth-order valence-corrected chi connectivity index (χ4v) is 9.99. The first kappa shape index (κ1) is 79.1. The Morgan fingerprint density at radius 3 is 0.759 bits per heavy atom. The van der Waals surface area contributed by atoms with Crippen molar-refractivity contribution in [1.29, 1.82) is 0 Å². The summed E-state index contributed by atoms with van der Waals surface area (Å²) in [5.74, 6) is -0.885. The second-order valence-electron chi connectivity index (χ2n) is 23.4. The molecule has 0 saturated heterocycles. The van der Waals surface area contributed by atoms with Gasteiger partial charge in [-0.15, -0.1) is 0 Å². The average Bonchev–Trinajstić information content (AvgIpc) is 3.49. The zero-order valence-corrected chi connectivity index (χ0v) is 54.7. The van der Waals surface area contributed by atoms with Crippen LogP contribution in [0.3, 0.4) is 0 Å². The minimum Gasteiger partial charge on any atom is -0.462 e. The lowest BCUT2D eigenvalue weighted by Crippen LogP contribution is -2.30. The minimum absolute atomic E-state index is 0.0833. The standard InChI is InChI=1S/C77H132O6/c1-4-7-10-13-16-19-22-25-28-31-33-34-35-36-37-38-39-40-41-42-44-46-49-52-55-58-61-64-67-70-76(79)82-73-74(72-81-75(78)69-66-63-60-57-54-51-48-45-30-27-24-21-18-15-12-9-6-3)83-77(80)71-68-65-62-59-56-53-50-47-43-32-29-26-23-20-17-14-11-8-5-2/h7,10,16,18-19,21,25,27-28,30,33-34,36-37,39-40,42,44,74H,4-6,8-9,11-15,17,20,22-24,26,29,31-32,35,38,41,43,45-73H2,1-3H3/b10-7-,19-16-,21-18-,28-25-,30-27-,34-33-,37-36-,40-39-,44-42-. The Bertz CT molecular complexity index is 1660. The van der Waals surface area contributed by atoms with Gasteiger partial charge in [0.1, 0.15) is 13.2 Å². The Balaban J connectivity index is 4.37. The van der Waals surface area contributed by atoms with E-state index in [1.54, 1.807) is 0 Å². The van der Waals surface area contributed by atoms with Crippen molar-refractivity contribution >= 4 is 17.9 Å². The lowest BCUT2D eigenvalue weighted by Gasteiger charge is -2.18. The van der Waals surface area contributed by atoms with E-state index in [4.69, 9.17) is 14.2 Å². The molecule has 6 nitrogen and oxygen atoms in total. The molecule has 0 aromatic rings. The SMILES string of the molecule is CC/C=C\C/C=C\C/C=C\C/C=C\C/C=C\C/C=C\C/C=C\CCCCCCCCCC(=O)OCC(COC(=O)CCCCCCCCC/C=C\C/C=C\CCCCC)OC(=O)CCCCCCCCCCCCCCCCCCCCC. The maximum absolute atomic E-state index is 13.0. The highest BCUT2D eigenvalue weighted by Gasteiger charge is 2.19. The van der Waals surface area contributed by atoms with E-state index >= 15 is 0 Å². The average molecular weight is 1150 g/mol. The van der Waals surface area contributed by atoms with Crippen LogP contribution < -0.4 is 0 Å². The van der Waals surface area contributed by atoms with Gasteiger partial charge in [-0.3, -0.25) is 14.4 Å². The molecule has 476 valence electrons. The van der Waals surface area contributed by atoms with E-state index < -0.39 is 6.10 Å². The molecule has 0 amide bonds. The largest absolute Gasteiger partial charge is 0.462 e. The fourth-order valence-electron chi connectivity index (χ4n) is 9.99. The second-order valence-corrected chi connectivity index (χ2v) is 23.4. The lowest BCUT2D eigenvalue weighted by molar-refractivity contribution is -0.167. The van der Waals surface area contributed by atoms with Crippen molar-refractivity contribution in [2.45, 2.75) is 348 Å². The molecule has 0 rings (SSSR count). The van der Waals surface area contributed by atoms with Crippen LogP contribution in [-0.2, 0) is 28.6 Å². The first-order valence-corrected chi connectivity index (χ1v) is 35.4. The van der Waals surface area contributed by atoms with E-state index in [1.165, 1.54) is 180 Å². The molecule has 0 aliphatic carbocycles. The highest BCUT2D eigenvalue weighted by atomic mass is 16.6. The zero-order chi connectivity index (χ0) is 59.9. The monoisotopic (exact) mass is 1150 g/mol. The van der Waals surface area contributed by atoms with Gasteiger partial charge in [-0.25, -0.2) is 0 Å². The van der Waals surface area contributed by atoms with Crippen molar-refractivity contribution in [3.05, 3.63) is 109 Å². The molecule has 0 spiro atoms. The summed E-state index contributed by atoms with van der Waals surface area (Å²) in [4.78, 5) is 38.5. The molecule has 0 bridgehead atoms. The molecule has 1 unspecified atom stereocenters. The Morgan fingerprint density at radius 1 is 0.253 bits per heavy atom. The van der Waals surface area contributed by atoms with Crippen LogP contribution in [0.4, 0.5) is 0 Å². The Hall–Kier alpha value is -3.93. The molecule has 0 aromatic carbocycles. The number of ether oxygens (including phenoxy) is 3. The third-order valence-electron chi connectivity index (χ3n) is 15.3. The molecule has 0 aliphatic rings. The summed E-state index contributed by atoms with van der Waals surface area (Å²) < 4.78 is 17.0. The molecule has 6 heteroatoms. The number of rotatable bonds is 64. The Labute approximate surface area is 514 Å². The number of hydrogen-bond donors (Lipinski definition) is 0. The second kappa shape index (κ2) is 70.6. The van der Waals surface area contributed by atoms with E-state index in [0.29, 0.717) is 19.3 Å². The van der Waals surface area contributed by atoms with Crippen molar-refractivity contribution in [2.24, 2.45) is 0 Å². The summed E-state index contributed by atoms with van der Waals surface area (Å²) in [6, 6.07) is 0. The van der Waals surface area contributed by atoms with E-state index in [2.05, 4.69) is 130 Å². The highest BCUT2D eigenvalue weighted by Crippen LogP contribution is 2.17. The lowest BCUT2D eigenvalue weighted by atomic mass is 10.0. The molecular weight excluding hydrogens is 1020 g/mol. The van der Waals surface area contributed by atoms with Crippen LogP contribution in [0.25, 0.3) is 0 Å². The van der Waals surface area contributed by atoms with Crippen molar-refractivity contribution in [3.8, 4) is 0 Å². The van der Waals surface area contributed by atoms with Crippen LogP contribution in [-0.4, -0.2) is 37.2 Å². The molecule has 0 radical (unpaired) electrons. The summed E-state index contributed by atoms with van der Waals surface area (Å²) in [7, 11) is 0. The number of carbonyl (C=O) groups excluding carboxylic acids is 3. The van der Waals surface area contributed by atoms with E-state index in [9.17, 15) is 14.4 Å². The Kier molecular flexibility index (Phi) is 67.2. The molecule has 83 heavy (non-hydrogen) atoms. The topological polar surface area (TPSA) is 78.9 Å². The summed E-state index contributed by atoms with van der Waals surface area (Å²) in [6.45, 7) is 6.53. The summed E-state index contributed by atoms with van der Waals surface area (Å²) in [6.07, 6.45) is 96.7. The molecule has 0 aromatic heterocycles. The molecule has 0 heterocycles. The number of hydrogen-bond acceptors (Lipinski definition) is 6. The van der Waals surface area contributed by atoms with Crippen molar-refractivity contribution in [1.82, 2.24) is 0 Å². The van der Waals surface area contributed by atoms with E-state index in [-0.39, 0.29) is 31.1 Å². The van der Waals surface area contributed by atoms with Gasteiger partial charge in [0.15, 0.2) is 6.10 Å². The summed E-state index contributed by atoms with van der Waals surface area (Å²) in [5.41, 5.74) is 0. The molecule has 0 aliphatic heterocycles. The smallest absolute Gasteiger partial charge is 0.306 e. The van der Waals surface area contributed by atoms with Crippen molar-refractivity contribution in [3.63, 3.8) is 0 Å². The summed E-state index contributed by atoms with van der Waals surface area (Å²) >= 11 is 0. The first-order chi connectivity index (χ1) is 41.0. The van der Waals surface area contributed by atoms with Gasteiger partial charge in [0.25, 0.3) is 0 Å². The van der Waals surface area contributed by atoms with E-state index in [0.717, 1.165) is 122 Å². The van der Waals surface area contributed by atoms with Gasteiger partial charge in [0.05, 0.1) is 0 Å². The van der Waals surface area contributed by atoms with Gasteiger partial charge in [-0.05, 0) is 109 Å². The predicted octanol–water partition coefficient (Wildman–Crippen LogP) is 24.6. The molecule has 0 fully saturated rings. The molecule has 0 N–H and O–H groups in total. The van der Waals surface area contributed by atoms with Gasteiger partial charge in [-0.1, -0.05) is 323 Å². The Morgan fingerprint density at radius 2 is 0.470 bits per heavy atom. The summed E-state index contributed by atoms with van der Waals surface area (Å²) in [5, 5.41) is 0. The maximum Gasteiger partial charge on any atom is 0.306 e. The van der Waals surface area contributed by atoms with Gasteiger partial charge in [0, 0.05) is 19.3 Å². The van der Waals surface area contributed by atoms with Crippen LogP contribution >= 0.6 is 0 Å². The van der Waals surface area contributed by atoms with Gasteiger partial charge in [0.2, 0.25) is 0 Å². The quantitative estimate of drug-likeness (QED) is 0.0261. The van der Waals surface area contributed by atoms with Crippen LogP contribution in [0.2, 0.25) is 0 Å². The number of unbranched alkanes of at least 4 members (excludes halogenated alkanes) is 35. The molecular formula is C77H132O6. The van der Waals surface area contributed by atoms with Gasteiger partial charge >= 0.3 is 17.9 Å². The normalized spacial score (nSPS) is 12.8. The van der Waals surface area contributed by atoms with Crippen LogP contribution in [0.5, 0.6) is 0 Å². The number of allylic oxidation sites excluding steroid dienone is 18. The highest BCUT2D eigenvalue weighted by molar-refractivity contribution is 5.71. The predicted molar refractivity (Wildman–Crippen MR) is 362 cm³/mol. The minimum atomic E-state index is -0.788. The van der Waals surface area contributed by atoms with Crippen LogP contribution in [0.1, 0.15) is 342 Å². The van der Waals surface area contributed by atoms with E-state index in [1.807, 2.05) is 0 Å². The number of carbonyl (C=O) groups is 3. The molecule has 0 saturated carbocycles. The third-order valence-corrected chi connectivity index (χ3v) is 15.3. The van der Waals surface area contributed by atoms with Gasteiger partial charge in [-0.2, -0.15) is 0 Å². The first-order valence-electron chi connectivity index (χ1n) is 35.4. The van der Waals surface area contributed by atoms with Crippen LogP contribution in [0.15, 0.2) is 109 Å². The zero-order valence-electron chi connectivity index (χ0n) is 54.7. The van der Waals surface area contributed by atoms with Crippen LogP contribution in [0, 0.1) is 0 Å². The van der Waals surface area contributed by atoms with Crippen molar-refractivity contribution in [2.75, 3.05) is 13.2 Å². The van der Waals surface area contributed by atoms with Crippen molar-refractivity contribution < 1.29 is 28.6 Å².